The maximum Gasteiger partial charge on any atom is 0.268 e. The second-order valence-electron chi connectivity index (χ2n) is 5.48. The van der Waals surface area contributed by atoms with Gasteiger partial charge in [0.05, 0.1) is 18.5 Å². The molecular weight excluding hydrogens is 296 g/mol. The maximum absolute atomic E-state index is 12.4. The standard InChI is InChI=1S/C17H18N2O4/c1-12-17(21)19(14-7-3-4-8-15(14)23-12)11-16(20)18(2)10-13-6-5-9-22-13/h3-9,12H,10-11H2,1-2H3. The van der Waals surface area contributed by atoms with Crippen LogP contribution in [0, 0.1) is 0 Å². The van der Waals surface area contributed by atoms with Crippen LogP contribution in [-0.4, -0.2) is 36.4 Å². The highest BCUT2D eigenvalue weighted by Gasteiger charge is 2.33. The summed E-state index contributed by atoms with van der Waals surface area (Å²) >= 11 is 0. The van der Waals surface area contributed by atoms with Crippen LogP contribution in [-0.2, 0) is 16.1 Å². The topological polar surface area (TPSA) is 63.0 Å². The summed E-state index contributed by atoms with van der Waals surface area (Å²) in [6, 6.07) is 10.8. The van der Waals surface area contributed by atoms with Crippen molar-refractivity contribution in [1.82, 2.24) is 4.90 Å². The Balaban J connectivity index is 1.75. The molecule has 1 atom stereocenters. The number of amides is 2. The van der Waals surface area contributed by atoms with Crippen molar-refractivity contribution < 1.29 is 18.7 Å². The number of furan rings is 1. The minimum atomic E-state index is -0.604. The maximum atomic E-state index is 12.4. The van der Waals surface area contributed by atoms with Gasteiger partial charge in [-0.05, 0) is 31.2 Å². The van der Waals surface area contributed by atoms with Crippen molar-refractivity contribution in [3.8, 4) is 5.75 Å². The Morgan fingerprint density at radius 1 is 1.26 bits per heavy atom. The summed E-state index contributed by atoms with van der Waals surface area (Å²) in [4.78, 5) is 27.8. The zero-order valence-corrected chi connectivity index (χ0v) is 13.1. The van der Waals surface area contributed by atoms with Crippen LogP contribution < -0.4 is 9.64 Å². The van der Waals surface area contributed by atoms with Crippen LogP contribution in [0.2, 0.25) is 0 Å². The lowest BCUT2D eigenvalue weighted by Crippen LogP contribution is -2.48. The molecule has 6 nitrogen and oxygen atoms in total. The van der Waals surface area contributed by atoms with Gasteiger partial charge in [-0.1, -0.05) is 12.1 Å². The number of anilines is 1. The number of para-hydroxylation sites is 2. The quantitative estimate of drug-likeness (QED) is 0.866. The number of ether oxygens (including phenoxy) is 1. The van der Waals surface area contributed by atoms with Crippen molar-refractivity contribution >= 4 is 17.5 Å². The van der Waals surface area contributed by atoms with Gasteiger partial charge >= 0.3 is 0 Å². The number of carbonyl (C=O) groups is 2. The van der Waals surface area contributed by atoms with Gasteiger partial charge in [0.15, 0.2) is 6.10 Å². The summed E-state index contributed by atoms with van der Waals surface area (Å²) < 4.78 is 10.8. The number of fused-ring (bicyclic) bond motifs is 1. The third-order valence-electron chi connectivity index (χ3n) is 3.77. The molecule has 1 aliphatic rings. The van der Waals surface area contributed by atoms with E-state index in [9.17, 15) is 9.59 Å². The summed E-state index contributed by atoms with van der Waals surface area (Å²) in [5.74, 6) is 0.922. The van der Waals surface area contributed by atoms with Gasteiger partial charge in [0, 0.05) is 7.05 Å². The van der Waals surface area contributed by atoms with Crippen LogP contribution >= 0.6 is 0 Å². The van der Waals surface area contributed by atoms with Gasteiger partial charge in [0.1, 0.15) is 18.1 Å². The summed E-state index contributed by atoms with van der Waals surface area (Å²) in [6.07, 6.45) is 0.963. The molecule has 120 valence electrons. The van der Waals surface area contributed by atoms with Gasteiger partial charge in [-0.2, -0.15) is 0 Å². The normalized spacial score (nSPS) is 16.7. The van der Waals surface area contributed by atoms with Gasteiger partial charge < -0.3 is 14.1 Å². The number of nitrogens with zero attached hydrogens (tertiary/aromatic N) is 2. The molecule has 1 aromatic heterocycles. The summed E-state index contributed by atoms with van der Waals surface area (Å²) in [5, 5.41) is 0. The van der Waals surface area contributed by atoms with Crippen molar-refractivity contribution in [3.05, 3.63) is 48.4 Å². The monoisotopic (exact) mass is 314 g/mol. The minimum Gasteiger partial charge on any atom is -0.479 e. The molecule has 6 heteroatoms. The highest BCUT2D eigenvalue weighted by atomic mass is 16.5. The molecule has 2 aromatic rings. The van der Waals surface area contributed by atoms with E-state index in [0.717, 1.165) is 0 Å². The van der Waals surface area contributed by atoms with Crippen molar-refractivity contribution in [2.24, 2.45) is 0 Å². The van der Waals surface area contributed by atoms with E-state index in [1.807, 2.05) is 12.1 Å². The zero-order valence-electron chi connectivity index (χ0n) is 13.1. The number of hydrogen-bond donors (Lipinski definition) is 0. The van der Waals surface area contributed by atoms with Gasteiger partial charge in [0.2, 0.25) is 5.91 Å². The lowest BCUT2D eigenvalue weighted by atomic mass is 10.2. The van der Waals surface area contributed by atoms with E-state index in [4.69, 9.17) is 9.15 Å². The largest absolute Gasteiger partial charge is 0.479 e. The number of benzene rings is 1. The summed E-state index contributed by atoms with van der Waals surface area (Å²) in [7, 11) is 1.69. The third-order valence-corrected chi connectivity index (χ3v) is 3.77. The second-order valence-corrected chi connectivity index (χ2v) is 5.48. The Labute approximate surface area is 134 Å². The van der Waals surface area contributed by atoms with E-state index in [0.29, 0.717) is 23.7 Å². The number of rotatable bonds is 4. The molecule has 2 heterocycles. The first-order chi connectivity index (χ1) is 11.1. The molecule has 0 bridgehead atoms. The molecule has 0 fully saturated rings. The summed E-state index contributed by atoms with van der Waals surface area (Å²) in [5.41, 5.74) is 0.621. The molecule has 23 heavy (non-hydrogen) atoms. The Morgan fingerprint density at radius 3 is 2.78 bits per heavy atom. The highest BCUT2D eigenvalue weighted by molar-refractivity contribution is 6.03. The van der Waals surface area contributed by atoms with Crippen molar-refractivity contribution in [2.45, 2.75) is 19.6 Å². The predicted molar refractivity (Wildman–Crippen MR) is 84.1 cm³/mol. The van der Waals surface area contributed by atoms with Crippen molar-refractivity contribution in [3.63, 3.8) is 0 Å². The van der Waals surface area contributed by atoms with E-state index >= 15 is 0 Å². The SMILES string of the molecule is CC1Oc2ccccc2N(CC(=O)N(C)Cc2ccco2)C1=O. The lowest BCUT2D eigenvalue weighted by Gasteiger charge is -2.33. The molecule has 0 spiro atoms. The smallest absolute Gasteiger partial charge is 0.268 e. The second kappa shape index (κ2) is 6.16. The van der Waals surface area contributed by atoms with E-state index in [1.54, 1.807) is 44.5 Å². The molecule has 0 radical (unpaired) electrons. The van der Waals surface area contributed by atoms with Crippen molar-refractivity contribution in [1.29, 1.82) is 0 Å². The van der Waals surface area contributed by atoms with Crippen LogP contribution in [0.4, 0.5) is 5.69 Å². The fraction of sp³-hybridized carbons (Fsp3) is 0.294. The highest BCUT2D eigenvalue weighted by Crippen LogP contribution is 2.33. The lowest BCUT2D eigenvalue weighted by molar-refractivity contribution is -0.132. The molecule has 1 aliphatic heterocycles. The van der Waals surface area contributed by atoms with E-state index in [1.165, 1.54) is 9.80 Å². The fourth-order valence-electron chi connectivity index (χ4n) is 2.50. The van der Waals surface area contributed by atoms with E-state index in [2.05, 4.69) is 0 Å². The minimum absolute atomic E-state index is 0.0270. The molecule has 2 amide bonds. The molecule has 1 unspecified atom stereocenters. The molecule has 0 saturated heterocycles. The third kappa shape index (κ3) is 3.06. The molecule has 1 aromatic carbocycles. The first-order valence-electron chi connectivity index (χ1n) is 7.39. The Morgan fingerprint density at radius 2 is 2.04 bits per heavy atom. The molecule has 0 aliphatic carbocycles. The van der Waals surface area contributed by atoms with Crippen LogP contribution in [0.15, 0.2) is 47.1 Å². The van der Waals surface area contributed by atoms with E-state index < -0.39 is 6.10 Å². The van der Waals surface area contributed by atoms with Gasteiger partial charge in [-0.3, -0.25) is 14.5 Å². The Bertz CT molecular complexity index is 711. The number of likely N-dealkylation sites (N-methyl/N-ethyl adjacent to an activating group) is 1. The summed E-state index contributed by atoms with van der Waals surface area (Å²) in [6.45, 7) is 2.02. The zero-order chi connectivity index (χ0) is 16.4. The van der Waals surface area contributed by atoms with Crippen LogP contribution in [0.1, 0.15) is 12.7 Å². The van der Waals surface area contributed by atoms with Crippen LogP contribution in [0.25, 0.3) is 0 Å². The first kappa shape index (κ1) is 15.1. The van der Waals surface area contributed by atoms with Gasteiger partial charge in [-0.25, -0.2) is 0 Å². The Hall–Kier alpha value is -2.76. The van der Waals surface area contributed by atoms with Crippen LogP contribution in [0.5, 0.6) is 5.75 Å². The van der Waals surface area contributed by atoms with Crippen LogP contribution in [0.3, 0.4) is 0 Å². The molecular formula is C17H18N2O4. The number of carbonyl (C=O) groups excluding carboxylic acids is 2. The van der Waals surface area contributed by atoms with Crippen molar-refractivity contribution in [2.75, 3.05) is 18.5 Å². The van der Waals surface area contributed by atoms with E-state index in [-0.39, 0.29) is 18.4 Å². The van der Waals surface area contributed by atoms with Gasteiger partial charge in [0.25, 0.3) is 5.91 Å². The number of hydrogen-bond acceptors (Lipinski definition) is 4. The van der Waals surface area contributed by atoms with Gasteiger partial charge in [-0.15, -0.1) is 0 Å². The molecule has 0 N–H and O–H groups in total. The average molecular weight is 314 g/mol. The predicted octanol–water partition coefficient (Wildman–Crippen LogP) is 2.05. The Kier molecular flexibility index (Phi) is 4.06. The molecule has 3 rings (SSSR count). The molecule has 0 saturated carbocycles. The fourth-order valence-corrected chi connectivity index (χ4v) is 2.50. The first-order valence-corrected chi connectivity index (χ1v) is 7.39. The average Bonchev–Trinajstić information content (AvgIpc) is 3.04.